The SMILES string of the molecule is O=[N+]([O-])c1c(Nc2ccc(N=Nc3ccccc3)cc2)ncnc1Nc1cccc(Cl)c1Cl. The van der Waals surface area contributed by atoms with Crippen molar-refractivity contribution in [2.75, 3.05) is 10.6 Å². The molecule has 4 rings (SSSR count). The lowest BCUT2D eigenvalue weighted by Crippen LogP contribution is -2.05. The van der Waals surface area contributed by atoms with E-state index in [0.29, 0.717) is 22.1 Å². The minimum Gasteiger partial charge on any atom is -0.334 e. The van der Waals surface area contributed by atoms with Crippen molar-refractivity contribution < 1.29 is 4.92 Å². The van der Waals surface area contributed by atoms with E-state index in [4.69, 9.17) is 23.2 Å². The van der Waals surface area contributed by atoms with Crippen LogP contribution in [0, 0.1) is 10.1 Å². The Labute approximate surface area is 198 Å². The van der Waals surface area contributed by atoms with E-state index in [-0.39, 0.29) is 22.3 Å². The number of anilines is 4. The summed E-state index contributed by atoms with van der Waals surface area (Å²) in [6.45, 7) is 0. The average molecular weight is 480 g/mol. The largest absolute Gasteiger partial charge is 0.353 e. The second kappa shape index (κ2) is 10.0. The van der Waals surface area contributed by atoms with Crippen LogP contribution in [0.4, 0.5) is 40.1 Å². The van der Waals surface area contributed by atoms with Crippen LogP contribution < -0.4 is 10.6 Å². The van der Waals surface area contributed by atoms with Gasteiger partial charge in [-0.1, -0.05) is 47.5 Å². The van der Waals surface area contributed by atoms with E-state index in [1.807, 2.05) is 30.3 Å². The van der Waals surface area contributed by atoms with Crippen molar-refractivity contribution in [3.05, 3.63) is 99.3 Å². The van der Waals surface area contributed by atoms with Crippen molar-refractivity contribution in [3.63, 3.8) is 0 Å². The van der Waals surface area contributed by atoms with E-state index < -0.39 is 4.92 Å². The molecule has 1 heterocycles. The second-order valence-electron chi connectivity index (χ2n) is 6.61. The number of nitro groups is 1. The van der Waals surface area contributed by atoms with Gasteiger partial charge in [-0.15, -0.1) is 0 Å². The molecule has 0 saturated heterocycles. The van der Waals surface area contributed by atoms with E-state index in [0.717, 1.165) is 5.69 Å². The monoisotopic (exact) mass is 479 g/mol. The molecule has 0 aliphatic carbocycles. The Balaban J connectivity index is 1.56. The van der Waals surface area contributed by atoms with Gasteiger partial charge in [-0.05, 0) is 48.5 Å². The predicted octanol–water partition coefficient (Wildman–Crippen LogP) is 7.59. The highest BCUT2D eigenvalue weighted by Gasteiger charge is 2.24. The number of hydrogen-bond donors (Lipinski definition) is 2. The van der Waals surface area contributed by atoms with Crippen LogP contribution in [-0.2, 0) is 0 Å². The van der Waals surface area contributed by atoms with Gasteiger partial charge >= 0.3 is 5.69 Å². The number of nitrogens with zero attached hydrogens (tertiary/aromatic N) is 5. The smallest absolute Gasteiger partial charge is 0.334 e. The van der Waals surface area contributed by atoms with Crippen LogP contribution >= 0.6 is 23.2 Å². The van der Waals surface area contributed by atoms with Crippen molar-refractivity contribution in [1.29, 1.82) is 0 Å². The predicted molar refractivity (Wildman–Crippen MR) is 129 cm³/mol. The molecule has 0 amide bonds. The fourth-order valence-electron chi connectivity index (χ4n) is 2.82. The van der Waals surface area contributed by atoms with Crippen LogP contribution in [0.1, 0.15) is 0 Å². The Morgan fingerprint density at radius 1 is 0.788 bits per heavy atom. The zero-order valence-electron chi connectivity index (χ0n) is 16.8. The van der Waals surface area contributed by atoms with E-state index in [9.17, 15) is 10.1 Å². The summed E-state index contributed by atoms with van der Waals surface area (Å²) in [6.07, 6.45) is 1.21. The topological polar surface area (TPSA) is 118 Å². The van der Waals surface area contributed by atoms with Crippen LogP contribution in [0.2, 0.25) is 10.0 Å². The molecule has 0 unspecified atom stereocenters. The molecule has 33 heavy (non-hydrogen) atoms. The van der Waals surface area contributed by atoms with Crippen molar-refractivity contribution >= 4 is 63.3 Å². The Morgan fingerprint density at radius 3 is 2.09 bits per heavy atom. The number of nitrogens with one attached hydrogen (secondary N) is 2. The zero-order chi connectivity index (χ0) is 23.2. The van der Waals surface area contributed by atoms with E-state index in [2.05, 4.69) is 30.8 Å². The van der Waals surface area contributed by atoms with Gasteiger partial charge in [0.05, 0.1) is 32.0 Å². The zero-order valence-corrected chi connectivity index (χ0v) is 18.3. The molecule has 4 aromatic rings. The van der Waals surface area contributed by atoms with Crippen LogP contribution in [0.3, 0.4) is 0 Å². The molecule has 0 aliphatic rings. The molecule has 0 fully saturated rings. The highest BCUT2D eigenvalue weighted by molar-refractivity contribution is 6.43. The molecular weight excluding hydrogens is 465 g/mol. The molecule has 2 N–H and O–H groups in total. The molecule has 11 heteroatoms. The average Bonchev–Trinajstić information content (AvgIpc) is 2.82. The van der Waals surface area contributed by atoms with Gasteiger partial charge < -0.3 is 10.6 Å². The van der Waals surface area contributed by atoms with Crippen molar-refractivity contribution in [2.24, 2.45) is 10.2 Å². The molecule has 9 nitrogen and oxygen atoms in total. The van der Waals surface area contributed by atoms with Crippen LogP contribution in [-0.4, -0.2) is 14.9 Å². The molecule has 0 radical (unpaired) electrons. The molecular formula is C22H15Cl2N7O2. The lowest BCUT2D eigenvalue weighted by Gasteiger charge is -2.11. The molecule has 0 atom stereocenters. The third kappa shape index (κ3) is 5.40. The molecule has 0 saturated carbocycles. The van der Waals surface area contributed by atoms with Crippen molar-refractivity contribution in [2.45, 2.75) is 0 Å². The first kappa shape index (κ1) is 22.1. The third-order valence-electron chi connectivity index (χ3n) is 4.38. The van der Waals surface area contributed by atoms with Gasteiger partial charge in [0.15, 0.2) is 0 Å². The normalized spacial score (nSPS) is 10.8. The third-order valence-corrected chi connectivity index (χ3v) is 5.20. The molecule has 0 bridgehead atoms. The molecule has 3 aromatic carbocycles. The Morgan fingerprint density at radius 2 is 1.42 bits per heavy atom. The summed E-state index contributed by atoms with van der Waals surface area (Å²) < 4.78 is 0. The highest BCUT2D eigenvalue weighted by Crippen LogP contribution is 2.36. The van der Waals surface area contributed by atoms with Crippen LogP contribution in [0.5, 0.6) is 0 Å². The van der Waals surface area contributed by atoms with E-state index in [1.54, 1.807) is 42.5 Å². The number of hydrogen-bond acceptors (Lipinski definition) is 8. The number of halogens is 2. The fourth-order valence-corrected chi connectivity index (χ4v) is 3.17. The maximum absolute atomic E-state index is 11.8. The second-order valence-corrected chi connectivity index (χ2v) is 7.40. The summed E-state index contributed by atoms with van der Waals surface area (Å²) in [6, 6.07) is 21.1. The number of aromatic nitrogens is 2. The van der Waals surface area contributed by atoms with Gasteiger partial charge in [0.2, 0.25) is 11.6 Å². The van der Waals surface area contributed by atoms with Gasteiger partial charge in [0.25, 0.3) is 0 Å². The fraction of sp³-hybridized carbons (Fsp3) is 0. The number of rotatable bonds is 7. The minimum absolute atomic E-state index is 0.00862. The Hall–Kier alpha value is -4.08. The lowest BCUT2D eigenvalue weighted by molar-refractivity contribution is -0.383. The Bertz CT molecular complexity index is 1320. The first-order chi connectivity index (χ1) is 16.0. The summed E-state index contributed by atoms with van der Waals surface area (Å²) in [5, 5.41) is 26.5. The van der Waals surface area contributed by atoms with E-state index >= 15 is 0 Å². The lowest BCUT2D eigenvalue weighted by atomic mass is 10.2. The standard InChI is InChI=1S/C22H15Cl2N7O2/c23-17-7-4-8-18(19(17)24)28-22-20(31(32)33)21(25-13-26-22)27-14-9-11-16(12-10-14)30-29-15-5-2-1-3-6-15/h1-13H,(H2,25,26,27,28). The van der Waals surface area contributed by atoms with Gasteiger partial charge in [-0.2, -0.15) is 10.2 Å². The van der Waals surface area contributed by atoms with Crippen LogP contribution in [0.25, 0.3) is 0 Å². The number of benzene rings is 3. The van der Waals surface area contributed by atoms with E-state index in [1.165, 1.54) is 6.33 Å². The molecule has 0 aliphatic heterocycles. The summed E-state index contributed by atoms with van der Waals surface area (Å²) in [5.41, 5.74) is 1.96. The van der Waals surface area contributed by atoms with Gasteiger partial charge in [-0.3, -0.25) is 10.1 Å². The van der Waals surface area contributed by atoms with Crippen LogP contribution in [0.15, 0.2) is 89.4 Å². The summed E-state index contributed by atoms with van der Waals surface area (Å²) >= 11 is 12.2. The van der Waals surface area contributed by atoms with Gasteiger partial charge in [0.1, 0.15) is 6.33 Å². The Kier molecular flexibility index (Phi) is 6.72. The minimum atomic E-state index is -0.578. The number of azo groups is 1. The van der Waals surface area contributed by atoms with Gasteiger partial charge in [0, 0.05) is 5.69 Å². The molecule has 164 valence electrons. The molecule has 0 spiro atoms. The molecule has 1 aromatic heterocycles. The highest BCUT2D eigenvalue weighted by atomic mass is 35.5. The van der Waals surface area contributed by atoms with Crippen molar-refractivity contribution in [3.8, 4) is 0 Å². The summed E-state index contributed by atoms with van der Waals surface area (Å²) in [5.74, 6) is -0.0238. The maximum atomic E-state index is 11.8. The van der Waals surface area contributed by atoms with Gasteiger partial charge in [-0.25, -0.2) is 9.97 Å². The maximum Gasteiger partial charge on any atom is 0.353 e. The van der Waals surface area contributed by atoms with Crippen molar-refractivity contribution in [1.82, 2.24) is 9.97 Å². The summed E-state index contributed by atoms with van der Waals surface area (Å²) in [4.78, 5) is 19.3. The summed E-state index contributed by atoms with van der Waals surface area (Å²) in [7, 11) is 0. The first-order valence-electron chi connectivity index (χ1n) is 9.55. The first-order valence-corrected chi connectivity index (χ1v) is 10.3. The quantitative estimate of drug-likeness (QED) is 0.160.